The van der Waals surface area contributed by atoms with E-state index in [9.17, 15) is 18.1 Å². The summed E-state index contributed by atoms with van der Waals surface area (Å²) in [5.41, 5.74) is 7.40. The van der Waals surface area contributed by atoms with Crippen LogP contribution in [-0.2, 0) is 22.6 Å². The zero-order valence-electron chi connectivity index (χ0n) is 25.5. The summed E-state index contributed by atoms with van der Waals surface area (Å²) in [5.74, 6) is -0.0813. The second kappa shape index (κ2) is 13.1. The van der Waals surface area contributed by atoms with Gasteiger partial charge in [-0.3, -0.25) is 4.55 Å². The molecule has 2 heterocycles. The summed E-state index contributed by atoms with van der Waals surface area (Å²) in [6.45, 7) is 4.78. The zero-order chi connectivity index (χ0) is 31.3. The molecule has 2 aliphatic rings. The number of benzene rings is 2. The fraction of sp³-hybridized carbons (Fsp3) is 0.243. The van der Waals surface area contributed by atoms with Crippen molar-refractivity contribution in [1.82, 2.24) is 0 Å². The standard InChI is InChI=1S/C37H38N2O4S/c1-37(2)33-12-7-8-13-34(33)39(22-9-25-44(41,42)43)35(37)19-16-30-26-31(17-14-28-10-5-4-6-11-28)36(40)32(27-30)18-15-29-20-23-38(3)24-21-29/h5,7-8,10-21,23-24,26-27H,4,6,9,22,25H2,1-3H3/p+2/b17-14+. The molecule has 2 N–H and O–H groups in total. The lowest BCUT2D eigenvalue weighted by molar-refractivity contribution is -0.671. The van der Waals surface area contributed by atoms with Gasteiger partial charge in [-0.1, -0.05) is 60.7 Å². The van der Waals surface area contributed by atoms with Crippen molar-refractivity contribution in [1.29, 1.82) is 0 Å². The second-order valence-corrected chi connectivity index (χ2v) is 13.4. The average Bonchev–Trinajstić information content (AvgIpc) is 3.21. The SMILES string of the molecule is C[n+]1ccc(/C=C/c2cc(/C=C/C3=[N+](CCCS(=O)(=O)O)c4ccccc4C3(C)C)cc(/C=C/C3=CCCC=C3)c2O)cc1. The fourth-order valence-electron chi connectivity index (χ4n) is 5.77. The molecule has 5 rings (SSSR count). The first-order valence-corrected chi connectivity index (χ1v) is 16.5. The Morgan fingerprint density at radius 1 is 0.886 bits per heavy atom. The number of nitrogens with zero attached hydrogens (tertiary/aromatic N) is 2. The highest BCUT2D eigenvalue weighted by atomic mass is 32.2. The van der Waals surface area contributed by atoms with Crippen LogP contribution in [0.25, 0.3) is 24.3 Å². The van der Waals surface area contributed by atoms with Gasteiger partial charge in [0.05, 0.1) is 11.2 Å². The normalized spacial score (nSPS) is 16.4. The molecule has 0 amide bonds. The number of aromatic nitrogens is 1. The number of para-hydroxylation sites is 1. The fourth-order valence-corrected chi connectivity index (χ4v) is 6.26. The molecule has 1 aliphatic heterocycles. The van der Waals surface area contributed by atoms with Gasteiger partial charge in [0.25, 0.3) is 10.1 Å². The van der Waals surface area contributed by atoms with Gasteiger partial charge in [-0.05, 0) is 61.6 Å². The van der Waals surface area contributed by atoms with E-state index >= 15 is 0 Å². The maximum absolute atomic E-state index is 11.5. The number of phenols is 1. The van der Waals surface area contributed by atoms with Crippen LogP contribution in [0.5, 0.6) is 5.75 Å². The highest BCUT2D eigenvalue weighted by Gasteiger charge is 2.43. The molecule has 0 spiro atoms. The molecular weight excluding hydrogens is 568 g/mol. The Balaban J connectivity index is 1.55. The van der Waals surface area contributed by atoms with Crippen LogP contribution in [0.2, 0.25) is 0 Å². The summed E-state index contributed by atoms with van der Waals surface area (Å²) in [6, 6.07) is 16.2. The van der Waals surface area contributed by atoms with Gasteiger partial charge >= 0.3 is 0 Å². The molecule has 0 saturated carbocycles. The van der Waals surface area contributed by atoms with Crippen LogP contribution in [0.4, 0.5) is 5.69 Å². The number of hydrogen-bond donors (Lipinski definition) is 2. The molecule has 0 unspecified atom stereocenters. The van der Waals surface area contributed by atoms with Gasteiger partial charge in [0.15, 0.2) is 18.1 Å². The number of fused-ring (bicyclic) bond motifs is 1. The number of aryl methyl sites for hydroxylation is 1. The summed E-state index contributed by atoms with van der Waals surface area (Å²) in [5, 5.41) is 11.3. The van der Waals surface area contributed by atoms with Crippen molar-refractivity contribution >= 4 is 45.8 Å². The number of hydrogen-bond acceptors (Lipinski definition) is 3. The second-order valence-electron chi connectivity index (χ2n) is 11.8. The van der Waals surface area contributed by atoms with Crippen molar-refractivity contribution in [3.8, 4) is 5.75 Å². The van der Waals surface area contributed by atoms with Gasteiger partial charge < -0.3 is 5.11 Å². The average molecular weight is 609 g/mol. The van der Waals surface area contributed by atoms with Crippen LogP contribution in [0.15, 0.2) is 96.9 Å². The lowest BCUT2D eigenvalue weighted by Crippen LogP contribution is -2.28. The quantitative estimate of drug-likeness (QED) is 0.191. The Bertz CT molecular complexity index is 1840. The first kappa shape index (κ1) is 31.1. The van der Waals surface area contributed by atoms with Crippen LogP contribution >= 0.6 is 0 Å². The third-order valence-corrected chi connectivity index (χ3v) is 8.95. The van der Waals surface area contributed by atoms with E-state index < -0.39 is 10.1 Å². The van der Waals surface area contributed by atoms with Crippen molar-refractivity contribution < 1.29 is 27.2 Å². The highest BCUT2D eigenvalue weighted by molar-refractivity contribution is 7.85. The third-order valence-electron chi connectivity index (χ3n) is 8.15. The summed E-state index contributed by atoms with van der Waals surface area (Å²) >= 11 is 0. The van der Waals surface area contributed by atoms with Crippen molar-refractivity contribution in [2.45, 2.75) is 38.5 Å². The zero-order valence-corrected chi connectivity index (χ0v) is 26.3. The molecule has 0 atom stereocenters. The summed E-state index contributed by atoms with van der Waals surface area (Å²) in [7, 11) is -2.08. The van der Waals surface area contributed by atoms with E-state index in [1.807, 2.05) is 84.7 Å². The molecule has 3 aromatic rings. The summed E-state index contributed by atoms with van der Waals surface area (Å²) in [4.78, 5) is 0. The predicted octanol–water partition coefficient (Wildman–Crippen LogP) is 7.04. The minimum absolute atomic E-state index is 0.213. The molecule has 0 bridgehead atoms. The smallest absolute Gasteiger partial charge is 0.265 e. The Hall–Kier alpha value is -4.33. The third kappa shape index (κ3) is 7.41. The Labute approximate surface area is 260 Å². The Kier molecular flexibility index (Phi) is 9.28. The van der Waals surface area contributed by atoms with E-state index in [-0.39, 0.29) is 16.9 Å². The van der Waals surface area contributed by atoms with E-state index in [1.54, 1.807) is 0 Å². The number of rotatable bonds is 10. The molecule has 226 valence electrons. The van der Waals surface area contributed by atoms with E-state index in [4.69, 9.17) is 0 Å². The Morgan fingerprint density at radius 2 is 1.57 bits per heavy atom. The molecule has 7 heteroatoms. The van der Waals surface area contributed by atoms with Crippen molar-refractivity contribution in [2.24, 2.45) is 7.05 Å². The van der Waals surface area contributed by atoms with Gasteiger partial charge in [0.2, 0.25) is 5.69 Å². The predicted molar refractivity (Wildman–Crippen MR) is 179 cm³/mol. The van der Waals surface area contributed by atoms with E-state index in [2.05, 4.69) is 60.9 Å². The number of pyridine rings is 1. The largest absolute Gasteiger partial charge is 0.507 e. The van der Waals surface area contributed by atoms with E-state index in [0.29, 0.717) is 18.5 Å². The van der Waals surface area contributed by atoms with Crippen LogP contribution in [0.1, 0.15) is 60.9 Å². The van der Waals surface area contributed by atoms with E-state index in [0.717, 1.165) is 52.1 Å². The van der Waals surface area contributed by atoms with Gasteiger partial charge in [0, 0.05) is 47.4 Å². The molecule has 2 aromatic carbocycles. The van der Waals surface area contributed by atoms with Crippen LogP contribution in [0.3, 0.4) is 0 Å². The lowest BCUT2D eigenvalue weighted by Gasteiger charge is -2.15. The molecular formula is C37H40N2O4S+2. The minimum Gasteiger partial charge on any atom is -0.507 e. The van der Waals surface area contributed by atoms with Gasteiger partial charge in [-0.2, -0.15) is 13.0 Å². The highest BCUT2D eigenvalue weighted by Crippen LogP contribution is 2.40. The molecule has 1 aliphatic carbocycles. The van der Waals surface area contributed by atoms with Crippen molar-refractivity contribution in [3.63, 3.8) is 0 Å². The monoisotopic (exact) mass is 608 g/mol. The first-order chi connectivity index (χ1) is 21.0. The number of aromatic hydroxyl groups is 1. The van der Waals surface area contributed by atoms with Gasteiger partial charge in [-0.25, -0.2) is 4.57 Å². The van der Waals surface area contributed by atoms with Crippen LogP contribution in [-0.4, -0.2) is 40.7 Å². The first-order valence-electron chi connectivity index (χ1n) is 14.9. The van der Waals surface area contributed by atoms with Crippen molar-refractivity contribution in [3.05, 3.63) is 125 Å². The molecule has 1 aromatic heterocycles. The van der Waals surface area contributed by atoms with Crippen LogP contribution < -0.4 is 4.57 Å². The van der Waals surface area contributed by atoms with Crippen LogP contribution in [0, 0.1) is 0 Å². The minimum atomic E-state index is -4.05. The number of allylic oxidation sites excluding steroid dienone is 6. The molecule has 0 saturated heterocycles. The van der Waals surface area contributed by atoms with Crippen molar-refractivity contribution in [2.75, 3.05) is 12.3 Å². The topological polar surface area (TPSA) is 81.5 Å². The maximum Gasteiger partial charge on any atom is 0.265 e. The summed E-state index contributed by atoms with van der Waals surface area (Å²) in [6.07, 6.45) is 24.8. The molecule has 44 heavy (non-hydrogen) atoms. The molecule has 0 radical (unpaired) electrons. The van der Waals surface area contributed by atoms with Gasteiger partial charge in [0.1, 0.15) is 19.3 Å². The molecule has 6 nitrogen and oxygen atoms in total. The Morgan fingerprint density at radius 3 is 2.25 bits per heavy atom. The number of phenolic OH excluding ortho intramolecular Hbond substituents is 1. The maximum atomic E-state index is 11.5. The van der Waals surface area contributed by atoms with Gasteiger partial charge in [-0.15, -0.1) is 0 Å². The lowest BCUT2D eigenvalue weighted by atomic mass is 9.81. The summed E-state index contributed by atoms with van der Waals surface area (Å²) < 4.78 is 36.4. The van der Waals surface area contributed by atoms with E-state index in [1.165, 1.54) is 0 Å². The molecule has 0 fully saturated rings.